The van der Waals surface area contributed by atoms with Crippen LogP contribution < -0.4 is 5.15 Å². The van der Waals surface area contributed by atoms with Gasteiger partial charge < -0.3 is 13.7 Å². The molecule has 0 aromatic carbocycles. The van der Waals surface area contributed by atoms with Crippen LogP contribution in [0.2, 0.25) is 6.04 Å². The third kappa shape index (κ3) is 3.30. The standard InChI is InChI=1S/C6H17NO3Si/c1-5-6-11(9-3,10-4)7-8-2/h7H,5-6H2,1-4H3. The van der Waals surface area contributed by atoms with E-state index in [2.05, 4.69) is 12.1 Å². The van der Waals surface area contributed by atoms with Gasteiger partial charge in [-0.3, -0.25) is 0 Å². The zero-order valence-corrected chi connectivity index (χ0v) is 8.64. The molecule has 0 radical (unpaired) electrons. The monoisotopic (exact) mass is 179 g/mol. The number of nitrogens with one attached hydrogen (secondary N) is 1. The molecule has 68 valence electrons. The third-order valence-corrected chi connectivity index (χ3v) is 4.49. The normalized spacial score (nSPS) is 12.0. The van der Waals surface area contributed by atoms with E-state index in [0.29, 0.717) is 0 Å². The van der Waals surface area contributed by atoms with Crippen molar-refractivity contribution in [2.75, 3.05) is 21.3 Å². The van der Waals surface area contributed by atoms with Crippen molar-refractivity contribution in [3.8, 4) is 0 Å². The molecule has 11 heavy (non-hydrogen) atoms. The molecular formula is C6H17NO3Si. The molecule has 0 saturated carbocycles. The topological polar surface area (TPSA) is 39.7 Å². The van der Waals surface area contributed by atoms with Crippen molar-refractivity contribution in [1.29, 1.82) is 0 Å². The lowest BCUT2D eigenvalue weighted by atomic mass is 10.6. The lowest BCUT2D eigenvalue weighted by Crippen LogP contribution is -2.54. The van der Waals surface area contributed by atoms with E-state index in [1.807, 2.05) is 0 Å². The Bertz CT molecular complexity index is 89.8. The van der Waals surface area contributed by atoms with Crippen LogP contribution in [0.1, 0.15) is 13.3 Å². The Labute approximate surface area is 69.1 Å². The summed E-state index contributed by atoms with van der Waals surface area (Å²) in [5, 5.41) is 2.79. The van der Waals surface area contributed by atoms with Gasteiger partial charge in [-0.1, -0.05) is 13.3 Å². The van der Waals surface area contributed by atoms with Crippen molar-refractivity contribution in [2.45, 2.75) is 19.4 Å². The third-order valence-electron chi connectivity index (χ3n) is 1.50. The van der Waals surface area contributed by atoms with Gasteiger partial charge in [0.15, 0.2) is 0 Å². The molecule has 1 N–H and O–H groups in total. The Morgan fingerprint density at radius 1 is 1.18 bits per heavy atom. The van der Waals surface area contributed by atoms with Gasteiger partial charge in [0.1, 0.15) is 0 Å². The zero-order chi connectivity index (χ0) is 8.74. The number of rotatable bonds is 6. The summed E-state index contributed by atoms with van der Waals surface area (Å²) in [6.45, 7) is 2.08. The van der Waals surface area contributed by atoms with Gasteiger partial charge in [0.25, 0.3) is 0 Å². The lowest BCUT2D eigenvalue weighted by Gasteiger charge is -2.25. The summed E-state index contributed by atoms with van der Waals surface area (Å²) in [4.78, 5) is 4.80. The van der Waals surface area contributed by atoms with Gasteiger partial charge in [-0.05, 0) is 0 Å². The van der Waals surface area contributed by atoms with Gasteiger partial charge in [-0.25, -0.2) is 0 Å². The number of hydrogen-bond donors (Lipinski definition) is 1. The van der Waals surface area contributed by atoms with Gasteiger partial charge in [-0.2, -0.15) is 5.15 Å². The highest BCUT2D eigenvalue weighted by Gasteiger charge is 2.35. The Kier molecular flexibility index (Phi) is 5.70. The van der Waals surface area contributed by atoms with E-state index in [1.54, 1.807) is 21.3 Å². The van der Waals surface area contributed by atoms with Crippen molar-refractivity contribution in [3.63, 3.8) is 0 Å². The number of hydrogen-bond acceptors (Lipinski definition) is 4. The van der Waals surface area contributed by atoms with Crippen LogP contribution in [-0.4, -0.2) is 30.1 Å². The Hall–Kier alpha value is 0.0569. The molecule has 0 aliphatic heterocycles. The minimum Gasteiger partial charge on any atom is -0.385 e. The maximum Gasteiger partial charge on any atom is 0.448 e. The van der Waals surface area contributed by atoms with Crippen LogP contribution in [0.3, 0.4) is 0 Å². The molecule has 5 heteroatoms. The first-order valence-corrected chi connectivity index (χ1v) is 5.67. The minimum atomic E-state index is -2.22. The van der Waals surface area contributed by atoms with Crippen molar-refractivity contribution < 1.29 is 13.7 Å². The van der Waals surface area contributed by atoms with Gasteiger partial charge in [0, 0.05) is 20.3 Å². The summed E-state index contributed by atoms with van der Waals surface area (Å²) in [6.07, 6.45) is 1.02. The highest BCUT2D eigenvalue weighted by molar-refractivity contribution is 6.64. The maximum atomic E-state index is 5.25. The SMILES string of the molecule is CCC[Si](NOC)(OC)OC. The molecule has 0 heterocycles. The van der Waals surface area contributed by atoms with Gasteiger partial charge in [-0.15, -0.1) is 0 Å². The molecule has 4 nitrogen and oxygen atoms in total. The van der Waals surface area contributed by atoms with E-state index >= 15 is 0 Å². The van der Waals surface area contributed by atoms with E-state index in [0.717, 1.165) is 12.5 Å². The second-order valence-electron chi connectivity index (χ2n) is 2.22. The van der Waals surface area contributed by atoms with Crippen LogP contribution in [0, 0.1) is 0 Å². The highest BCUT2D eigenvalue weighted by atomic mass is 28.4. The van der Waals surface area contributed by atoms with Crippen LogP contribution in [0.4, 0.5) is 0 Å². The van der Waals surface area contributed by atoms with E-state index in [1.165, 1.54) is 0 Å². The first kappa shape index (κ1) is 11.1. The summed E-state index contributed by atoms with van der Waals surface area (Å²) in [7, 11) is 2.62. The maximum absolute atomic E-state index is 5.25. The van der Waals surface area contributed by atoms with Gasteiger partial charge in [0.2, 0.25) is 0 Å². The van der Waals surface area contributed by atoms with Crippen LogP contribution in [0.5, 0.6) is 0 Å². The predicted octanol–water partition coefficient (Wildman–Crippen LogP) is 0.779. The fraction of sp³-hybridized carbons (Fsp3) is 1.00. The Morgan fingerprint density at radius 3 is 2.00 bits per heavy atom. The summed E-state index contributed by atoms with van der Waals surface area (Å²) in [5.74, 6) is 0. The van der Waals surface area contributed by atoms with E-state index in [-0.39, 0.29) is 0 Å². The van der Waals surface area contributed by atoms with Crippen molar-refractivity contribution in [1.82, 2.24) is 5.15 Å². The highest BCUT2D eigenvalue weighted by Crippen LogP contribution is 2.09. The van der Waals surface area contributed by atoms with Crippen LogP contribution in [0.15, 0.2) is 0 Å². The molecular weight excluding hydrogens is 162 g/mol. The largest absolute Gasteiger partial charge is 0.448 e. The first-order chi connectivity index (χ1) is 5.24. The molecule has 0 spiro atoms. The Balaban J connectivity index is 3.96. The fourth-order valence-corrected chi connectivity index (χ4v) is 2.72. The molecule has 0 aromatic rings. The van der Waals surface area contributed by atoms with E-state index < -0.39 is 8.72 Å². The zero-order valence-electron chi connectivity index (χ0n) is 7.64. The van der Waals surface area contributed by atoms with Gasteiger partial charge in [0.05, 0.1) is 7.11 Å². The molecule has 0 rings (SSSR count). The van der Waals surface area contributed by atoms with E-state index in [9.17, 15) is 0 Å². The molecule has 0 aliphatic rings. The average Bonchev–Trinajstić information content (AvgIpc) is 2.04. The van der Waals surface area contributed by atoms with Crippen LogP contribution in [0.25, 0.3) is 0 Å². The molecule has 0 aliphatic carbocycles. The Morgan fingerprint density at radius 2 is 1.73 bits per heavy atom. The second kappa shape index (κ2) is 5.67. The molecule has 0 aromatic heterocycles. The molecule has 0 amide bonds. The summed E-state index contributed by atoms with van der Waals surface area (Å²) >= 11 is 0. The van der Waals surface area contributed by atoms with Gasteiger partial charge >= 0.3 is 8.72 Å². The van der Waals surface area contributed by atoms with Crippen LogP contribution in [-0.2, 0) is 13.7 Å². The van der Waals surface area contributed by atoms with Crippen molar-refractivity contribution in [3.05, 3.63) is 0 Å². The van der Waals surface area contributed by atoms with Crippen LogP contribution >= 0.6 is 0 Å². The summed E-state index contributed by atoms with van der Waals surface area (Å²) in [6, 6.07) is 0.883. The molecule has 0 fully saturated rings. The lowest BCUT2D eigenvalue weighted by molar-refractivity contribution is 0.0834. The predicted molar refractivity (Wildman–Crippen MR) is 45.0 cm³/mol. The molecule has 0 bridgehead atoms. The summed E-state index contributed by atoms with van der Waals surface area (Å²) in [5.41, 5.74) is 0. The average molecular weight is 179 g/mol. The molecule has 0 atom stereocenters. The van der Waals surface area contributed by atoms with Crippen molar-refractivity contribution in [2.24, 2.45) is 0 Å². The van der Waals surface area contributed by atoms with E-state index in [4.69, 9.17) is 13.7 Å². The molecule has 0 unspecified atom stereocenters. The second-order valence-corrected chi connectivity index (χ2v) is 5.24. The van der Waals surface area contributed by atoms with Crippen molar-refractivity contribution >= 4 is 8.72 Å². The molecule has 0 saturated heterocycles. The quantitative estimate of drug-likeness (QED) is 0.483. The summed E-state index contributed by atoms with van der Waals surface area (Å²) < 4.78 is 10.5. The first-order valence-electron chi connectivity index (χ1n) is 3.65. The minimum absolute atomic E-state index is 0.883. The smallest absolute Gasteiger partial charge is 0.385 e. The fourth-order valence-electron chi connectivity index (χ4n) is 0.906.